The second kappa shape index (κ2) is 8.06. The lowest BCUT2D eigenvalue weighted by Gasteiger charge is -2.37. The Kier molecular flexibility index (Phi) is 6.51. The number of amides is 1. The summed E-state index contributed by atoms with van der Waals surface area (Å²) < 4.78 is 22.6. The Labute approximate surface area is 156 Å². The number of carbonyl (C=O) groups is 1. The van der Waals surface area contributed by atoms with E-state index in [4.69, 9.17) is 0 Å². The fraction of sp³-hybridized carbons (Fsp3) is 0.611. The fourth-order valence-electron chi connectivity index (χ4n) is 4.10. The van der Waals surface area contributed by atoms with Crippen molar-refractivity contribution >= 4 is 28.2 Å². The van der Waals surface area contributed by atoms with Gasteiger partial charge in [0, 0.05) is 19.3 Å². The van der Waals surface area contributed by atoms with Gasteiger partial charge in [0.2, 0.25) is 5.91 Å². The summed E-state index contributed by atoms with van der Waals surface area (Å²) in [5, 5.41) is 6.50. The number of hydrogen-bond acceptors (Lipinski definition) is 4. The standard InChI is InChI=1S/C18H26N2O3S.ClH/c1-24(22,23)12-15-7-5-14(6-8-15)10-20-17(21)18-9-3-2-4-16(18)11-19-13-18;/h5-8,16,19H,2-4,9-13H2,1H3,(H,20,21);1H/t16-,18+;/m0./s1. The largest absolute Gasteiger partial charge is 0.351 e. The molecule has 140 valence electrons. The topological polar surface area (TPSA) is 75.3 Å². The van der Waals surface area contributed by atoms with Crippen LogP contribution in [0.25, 0.3) is 0 Å². The summed E-state index contributed by atoms with van der Waals surface area (Å²) in [5.41, 5.74) is 1.54. The van der Waals surface area contributed by atoms with Gasteiger partial charge in [0.05, 0.1) is 11.2 Å². The molecular weight excluding hydrogens is 360 g/mol. The minimum Gasteiger partial charge on any atom is -0.351 e. The van der Waals surface area contributed by atoms with E-state index in [1.165, 1.54) is 12.7 Å². The van der Waals surface area contributed by atoms with Crippen molar-refractivity contribution in [3.63, 3.8) is 0 Å². The normalized spacial score (nSPS) is 25.7. The molecule has 1 aliphatic heterocycles. The second-order valence-corrected chi connectivity index (χ2v) is 9.44. The van der Waals surface area contributed by atoms with E-state index in [2.05, 4.69) is 10.6 Å². The van der Waals surface area contributed by atoms with Crippen molar-refractivity contribution in [3.8, 4) is 0 Å². The first-order valence-electron chi connectivity index (χ1n) is 8.64. The van der Waals surface area contributed by atoms with Gasteiger partial charge in [0.15, 0.2) is 9.84 Å². The zero-order valence-electron chi connectivity index (χ0n) is 14.6. The van der Waals surface area contributed by atoms with Crippen molar-refractivity contribution in [1.82, 2.24) is 10.6 Å². The highest BCUT2D eigenvalue weighted by Crippen LogP contribution is 2.43. The van der Waals surface area contributed by atoms with Crippen LogP contribution in [0, 0.1) is 11.3 Å². The molecule has 2 fully saturated rings. The highest BCUT2D eigenvalue weighted by Gasteiger charge is 2.49. The molecule has 0 unspecified atom stereocenters. The van der Waals surface area contributed by atoms with Gasteiger partial charge >= 0.3 is 0 Å². The van der Waals surface area contributed by atoms with Crippen LogP contribution in [-0.2, 0) is 26.9 Å². The molecule has 1 heterocycles. The zero-order valence-corrected chi connectivity index (χ0v) is 16.2. The molecular formula is C18H27ClN2O3S. The van der Waals surface area contributed by atoms with Gasteiger partial charge in [0.25, 0.3) is 0 Å². The second-order valence-electron chi connectivity index (χ2n) is 7.30. The molecule has 2 aliphatic rings. The van der Waals surface area contributed by atoms with Crippen molar-refractivity contribution in [2.24, 2.45) is 11.3 Å². The van der Waals surface area contributed by atoms with Crippen LogP contribution >= 0.6 is 12.4 Å². The first-order valence-corrected chi connectivity index (χ1v) is 10.7. The number of hydrogen-bond donors (Lipinski definition) is 2. The van der Waals surface area contributed by atoms with Crippen molar-refractivity contribution in [2.75, 3.05) is 19.3 Å². The van der Waals surface area contributed by atoms with E-state index in [-0.39, 0.29) is 29.5 Å². The molecule has 1 amide bonds. The van der Waals surface area contributed by atoms with Gasteiger partial charge in [-0.3, -0.25) is 4.79 Å². The number of sulfone groups is 1. The van der Waals surface area contributed by atoms with E-state index in [9.17, 15) is 13.2 Å². The molecule has 7 heteroatoms. The van der Waals surface area contributed by atoms with Crippen LogP contribution in [0.5, 0.6) is 0 Å². The summed E-state index contributed by atoms with van der Waals surface area (Å²) in [6.07, 6.45) is 5.70. The van der Waals surface area contributed by atoms with Gasteiger partial charge in [-0.05, 0) is 36.4 Å². The van der Waals surface area contributed by atoms with Crippen LogP contribution < -0.4 is 10.6 Å². The monoisotopic (exact) mass is 386 g/mol. The number of fused-ring (bicyclic) bond motifs is 1. The van der Waals surface area contributed by atoms with Crippen LogP contribution in [0.15, 0.2) is 24.3 Å². The maximum atomic E-state index is 12.8. The van der Waals surface area contributed by atoms with Crippen LogP contribution in [0.1, 0.15) is 36.8 Å². The van der Waals surface area contributed by atoms with E-state index < -0.39 is 9.84 Å². The Morgan fingerprint density at radius 2 is 1.92 bits per heavy atom. The van der Waals surface area contributed by atoms with E-state index >= 15 is 0 Å². The smallest absolute Gasteiger partial charge is 0.228 e. The predicted octanol–water partition coefficient (Wildman–Crippen LogP) is 2.05. The highest BCUT2D eigenvalue weighted by molar-refractivity contribution is 7.89. The zero-order chi connectivity index (χ0) is 17.2. The Hall–Kier alpha value is -1.11. The van der Waals surface area contributed by atoms with Crippen molar-refractivity contribution < 1.29 is 13.2 Å². The maximum absolute atomic E-state index is 12.8. The number of benzene rings is 1. The number of nitrogens with one attached hydrogen (secondary N) is 2. The first-order chi connectivity index (χ1) is 11.4. The van der Waals surface area contributed by atoms with Gasteiger partial charge in [-0.2, -0.15) is 0 Å². The molecule has 5 nitrogen and oxygen atoms in total. The quantitative estimate of drug-likeness (QED) is 0.812. The van der Waals surface area contributed by atoms with Crippen molar-refractivity contribution in [3.05, 3.63) is 35.4 Å². The van der Waals surface area contributed by atoms with E-state index in [1.54, 1.807) is 0 Å². The molecule has 0 aromatic heterocycles. The van der Waals surface area contributed by atoms with Crippen molar-refractivity contribution in [2.45, 2.75) is 38.0 Å². The average molecular weight is 387 g/mol. The molecule has 2 N–H and O–H groups in total. The lowest BCUT2D eigenvalue weighted by Crippen LogP contribution is -2.47. The Morgan fingerprint density at radius 3 is 2.60 bits per heavy atom. The lowest BCUT2D eigenvalue weighted by atomic mass is 9.67. The molecule has 0 spiro atoms. The summed E-state index contributed by atoms with van der Waals surface area (Å²) in [7, 11) is -3.02. The Bertz CT molecular complexity index is 706. The summed E-state index contributed by atoms with van der Waals surface area (Å²) in [6.45, 7) is 2.23. The molecule has 2 atom stereocenters. The van der Waals surface area contributed by atoms with Crippen molar-refractivity contribution in [1.29, 1.82) is 0 Å². The third-order valence-corrected chi connectivity index (χ3v) is 6.25. The summed E-state index contributed by atoms with van der Waals surface area (Å²) in [5.74, 6) is 0.677. The third-order valence-electron chi connectivity index (χ3n) is 5.40. The van der Waals surface area contributed by atoms with E-state index in [0.29, 0.717) is 12.5 Å². The van der Waals surface area contributed by atoms with Gasteiger partial charge in [-0.25, -0.2) is 8.42 Å². The predicted molar refractivity (Wildman–Crippen MR) is 101 cm³/mol. The highest BCUT2D eigenvalue weighted by atomic mass is 35.5. The van der Waals surface area contributed by atoms with Crippen LogP contribution in [0.3, 0.4) is 0 Å². The van der Waals surface area contributed by atoms with E-state index in [0.717, 1.165) is 43.5 Å². The SMILES string of the molecule is CS(=O)(=O)Cc1ccc(CNC(=O)[C@@]23CCCC[C@H]2CNC3)cc1.Cl. The third kappa shape index (κ3) is 4.74. The van der Waals surface area contributed by atoms with Gasteiger partial charge in [-0.1, -0.05) is 37.1 Å². The molecule has 1 aromatic carbocycles. The van der Waals surface area contributed by atoms with Crippen LogP contribution in [0.2, 0.25) is 0 Å². The van der Waals surface area contributed by atoms with Gasteiger partial charge in [-0.15, -0.1) is 12.4 Å². The maximum Gasteiger partial charge on any atom is 0.228 e. The minimum absolute atomic E-state index is 0. The molecule has 3 rings (SSSR count). The number of rotatable bonds is 5. The lowest BCUT2D eigenvalue weighted by molar-refractivity contribution is -0.134. The molecule has 0 bridgehead atoms. The molecule has 0 radical (unpaired) electrons. The van der Waals surface area contributed by atoms with Gasteiger partial charge in [0.1, 0.15) is 0 Å². The fourth-order valence-corrected chi connectivity index (χ4v) is 4.90. The summed E-state index contributed by atoms with van der Waals surface area (Å²) >= 11 is 0. The molecule has 1 aromatic rings. The van der Waals surface area contributed by atoms with Crippen LogP contribution in [-0.4, -0.2) is 33.7 Å². The molecule has 1 saturated carbocycles. The first kappa shape index (κ1) is 20.2. The molecule has 1 aliphatic carbocycles. The molecule has 1 saturated heterocycles. The molecule has 25 heavy (non-hydrogen) atoms. The summed E-state index contributed by atoms with van der Waals surface area (Å²) in [6, 6.07) is 7.43. The Morgan fingerprint density at radius 1 is 1.24 bits per heavy atom. The minimum atomic E-state index is -3.02. The number of halogens is 1. The summed E-state index contributed by atoms with van der Waals surface area (Å²) in [4.78, 5) is 12.8. The van der Waals surface area contributed by atoms with Crippen LogP contribution in [0.4, 0.5) is 0 Å². The Balaban J connectivity index is 0.00000225. The van der Waals surface area contributed by atoms with E-state index in [1.807, 2.05) is 24.3 Å². The average Bonchev–Trinajstić information content (AvgIpc) is 2.97. The van der Waals surface area contributed by atoms with Gasteiger partial charge < -0.3 is 10.6 Å². The number of carbonyl (C=O) groups excluding carboxylic acids is 1.